The SMILES string of the molecule is CCC(C)Sc1nc(Cl)cc(Nc2c([N+](=O)[O-])cc(C(F)(F)F)c(Cl)c2[N+](=O)[O-])n1. The van der Waals surface area contributed by atoms with Crippen LogP contribution in [0.25, 0.3) is 0 Å². The first-order chi connectivity index (χ1) is 13.8. The van der Waals surface area contributed by atoms with Crippen molar-refractivity contribution in [3.05, 3.63) is 48.1 Å². The van der Waals surface area contributed by atoms with Crippen molar-refractivity contribution in [2.45, 2.75) is 36.9 Å². The summed E-state index contributed by atoms with van der Waals surface area (Å²) in [4.78, 5) is 28.4. The van der Waals surface area contributed by atoms with Gasteiger partial charge in [0.25, 0.3) is 0 Å². The molecule has 0 amide bonds. The summed E-state index contributed by atoms with van der Waals surface area (Å²) < 4.78 is 39.5. The van der Waals surface area contributed by atoms with Crippen LogP contribution in [0, 0.1) is 20.2 Å². The maximum absolute atomic E-state index is 13.2. The van der Waals surface area contributed by atoms with E-state index in [9.17, 15) is 33.4 Å². The summed E-state index contributed by atoms with van der Waals surface area (Å²) in [5.41, 5.74) is -5.09. The number of nitro benzene ring substituents is 2. The third-order valence-electron chi connectivity index (χ3n) is 3.71. The van der Waals surface area contributed by atoms with Crippen LogP contribution in [-0.2, 0) is 6.18 Å². The number of benzene rings is 1. The number of thioether (sulfide) groups is 1. The number of alkyl halides is 3. The highest BCUT2D eigenvalue weighted by atomic mass is 35.5. The van der Waals surface area contributed by atoms with Crippen LogP contribution in [0.5, 0.6) is 0 Å². The second-order valence-corrected chi connectivity index (χ2v) is 7.98. The number of aromatic nitrogens is 2. The molecule has 1 atom stereocenters. The predicted molar refractivity (Wildman–Crippen MR) is 106 cm³/mol. The Morgan fingerprint density at radius 3 is 2.33 bits per heavy atom. The van der Waals surface area contributed by atoms with Gasteiger partial charge in [-0.1, -0.05) is 48.8 Å². The number of nitrogens with zero attached hydrogens (tertiary/aromatic N) is 4. The van der Waals surface area contributed by atoms with Crippen molar-refractivity contribution in [1.29, 1.82) is 0 Å². The molecule has 0 saturated heterocycles. The molecule has 0 fully saturated rings. The summed E-state index contributed by atoms with van der Waals surface area (Å²) in [6.07, 6.45) is -4.39. The van der Waals surface area contributed by atoms with Crippen LogP contribution in [0.15, 0.2) is 17.3 Å². The maximum Gasteiger partial charge on any atom is 0.418 e. The molecule has 1 aromatic heterocycles. The Morgan fingerprint density at radius 2 is 1.83 bits per heavy atom. The summed E-state index contributed by atoms with van der Waals surface area (Å²) in [7, 11) is 0. The molecular weight excluding hydrogens is 474 g/mol. The lowest BCUT2D eigenvalue weighted by Crippen LogP contribution is -2.11. The van der Waals surface area contributed by atoms with E-state index < -0.39 is 43.7 Å². The van der Waals surface area contributed by atoms with E-state index in [0.717, 1.165) is 12.5 Å². The van der Waals surface area contributed by atoms with Gasteiger partial charge in [-0.15, -0.1) is 0 Å². The van der Waals surface area contributed by atoms with E-state index >= 15 is 0 Å². The first-order valence-corrected chi connectivity index (χ1v) is 9.69. The molecule has 162 valence electrons. The normalized spacial score (nSPS) is 12.5. The van der Waals surface area contributed by atoms with Crippen LogP contribution in [0.3, 0.4) is 0 Å². The van der Waals surface area contributed by atoms with Gasteiger partial charge in [-0.05, 0) is 6.42 Å². The van der Waals surface area contributed by atoms with Gasteiger partial charge in [-0.2, -0.15) is 13.2 Å². The van der Waals surface area contributed by atoms with Gasteiger partial charge in [0.15, 0.2) is 10.8 Å². The smallest absolute Gasteiger partial charge is 0.329 e. The van der Waals surface area contributed by atoms with Crippen LogP contribution < -0.4 is 5.32 Å². The molecular formula is C15H12Cl2F3N5O4S. The van der Waals surface area contributed by atoms with E-state index in [1.807, 2.05) is 13.8 Å². The summed E-state index contributed by atoms with van der Waals surface area (Å²) in [6, 6.07) is 1.23. The average molecular weight is 486 g/mol. The van der Waals surface area contributed by atoms with Gasteiger partial charge in [0.1, 0.15) is 16.0 Å². The average Bonchev–Trinajstić information content (AvgIpc) is 2.59. The van der Waals surface area contributed by atoms with Crippen molar-refractivity contribution < 1.29 is 23.0 Å². The van der Waals surface area contributed by atoms with Crippen LogP contribution >= 0.6 is 35.0 Å². The number of rotatable bonds is 7. The van der Waals surface area contributed by atoms with Crippen molar-refractivity contribution in [1.82, 2.24) is 9.97 Å². The molecule has 0 aliphatic rings. The monoisotopic (exact) mass is 485 g/mol. The Labute approximate surface area is 181 Å². The summed E-state index contributed by atoms with van der Waals surface area (Å²) in [5.74, 6) is -0.192. The van der Waals surface area contributed by atoms with Gasteiger partial charge in [0, 0.05) is 17.4 Å². The topological polar surface area (TPSA) is 124 Å². The Morgan fingerprint density at radius 1 is 1.20 bits per heavy atom. The van der Waals surface area contributed by atoms with Gasteiger partial charge in [-0.25, -0.2) is 9.97 Å². The molecule has 0 radical (unpaired) electrons. The quantitative estimate of drug-likeness (QED) is 0.160. The molecule has 2 rings (SSSR count). The molecule has 15 heteroatoms. The molecule has 0 spiro atoms. The van der Waals surface area contributed by atoms with Crippen molar-refractivity contribution in [2.24, 2.45) is 0 Å². The Hall–Kier alpha value is -2.38. The first kappa shape index (κ1) is 23.9. The van der Waals surface area contributed by atoms with Crippen LogP contribution in [-0.4, -0.2) is 25.1 Å². The highest BCUT2D eigenvalue weighted by molar-refractivity contribution is 7.99. The fourth-order valence-corrected chi connectivity index (χ4v) is 3.57. The number of halogens is 5. The van der Waals surface area contributed by atoms with Gasteiger partial charge < -0.3 is 5.32 Å². The standard InChI is InChI=1S/C15H12Cl2F3N5O4S/c1-3-6(2)30-14-21-9(16)5-10(23-14)22-12-8(24(26)27)4-7(15(18,19)20)11(17)13(12)25(28)29/h4-6H,3H2,1-2H3,(H,21,22,23). The predicted octanol–water partition coefficient (Wildman–Crippen LogP) is 6.25. The van der Waals surface area contributed by atoms with E-state index in [0.29, 0.717) is 0 Å². The van der Waals surface area contributed by atoms with E-state index in [2.05, 4.69) is 15.3 Å². The number of hydrogen-bond donors (Lipinski definition) is 1. The molecule has 0 aliphatic carbocycles. The summed E-state index contributed by atoms with van der Waals surface area (Å²) in [5, 5.41) is 24.0. The van der Waals surface area contributed by atoms with Crippen LogP contribution in [0.2, 0.25) is 10.2 Å². The molecule has 0 saturated carbocycles. The molecule has 9 nitrogen and oxygen atoms in total. The van der Waals surface area contributed by atoms with Crippen molar-refractivity contribution in [3.8, 4) is 0 Å². The summed E-state index contributed by atoms with van der Waals surface area (Å²) in [6.45, 7) is 3.80. The number of anilines is 2. The zero-order valence-electron chi connectivity index (χ0n) is 15.2. The largest absolute Gasteiger partial charge is 0.418 e. The molecule has 1 aromatic carbocycles. The highest BCUT2D eigenvalue weighted by Crippen LogP contribution is 2.48. The van der Waals surface area contributed by atoms with Crippen molar-refractivity contribution in [3.63, 3.8) is 0 Å². The minimum Gasteiger partial charge on any atom is -0.329 e. The van der Waals surface area contributed by atoms with E-state index in [-0.39, 0.29) is 27.4 Å². The van der Waals surface area contributed by atoms with Gasteiger partial charge in [0.05, 0.1) is 15.4 Å². The van der Waals surface area contributed by atoms with Gasteiger partial charge in [-0.3, -0.25) is 20.2 Å². The zero-order chi connectivity index (χ0) is 22.8. The molecule has 0 bridgehead atoms. The van der Waals surface area contributed by atoms with Crippen LogP contribution in [0.4, 0.5) is 36.1 Å². The lowest BCUT2D eigenvalue weighted by Gasteiger charge is -2.14. The first-order valence-electron chi connectivity index (χ1n) is 8.05. The molecule has 1 N–H and O–H groups in total. The molecule has 0 aliphatic heterocycles. The van der Waals surface area contributed by atoms with E-state index in [1.54, 1.807) is 0 Å². The highest BCUT2D eigenvalue weighted by Gasteiger charge is 2.42. The second kappa shape index (κ2) is 9.18. The Bertz CT molecular complexity index is 1010. The van der Waals surface area contributed by atoms with Crippen molar-refractivity contribution >= 4 is 57.8 Å². The maximum atomic E-state index is 13.2. The Kier molecular flexibility index (Phi) is 7.31. The van der Waals surface area contributed by atoms with Gasteiger partial charge >= 0.3 is 17.6 Å². The third kappa shape index (κ3) is 5.40. The minimum absolute atomic E-state index is 0.0818. The lowest BCUT2D eigenvalue weighted by molar-refractivity contribution is -0.392. The second-order valence-electron chi connectivity index (χ2n) is 5.81. The van der Waals surface area contributed by atoms with Crippen LogP contribution in [0.1, 0.15) is 25.8 Å². The van der Waals surface area contributed by atoms with Crippen molar-refractivity contribution in [2.75, 3.05) is 5.32 Å². The fourth-order valence-electron chi connectivity index (χ4n) is 2.18. The van der Waals surface area contributed by atoms with Gasteiger partial charge in [0.2, 0.25) is 0 Å². The number of hydrogen-bond acceptors (Lipinski definition) is 8. The third-order valence-corrected chi connectivity index (χ3v) is 5.42. The molecule has 1 heterocycles. The van der Waals surface area contributed by atoms with E-state index in [4.69, 9.17) is 23.2 Å². The fraction of sp³-hybridized carbons (Fsp3) is 0.333. The molecule has 2 aromatic rings. The summed E-state index contributed by atoms with van der Waals surface area (Å²) >= 11 is 12.7. The zero-order valence-corrected chi connectivity index (χ0v) is 17.5. The van der Waals surface area contributed by atoms with E-state index in [1.165, 1.54) is 11.8 Å². The molecule has 1 unspecified atom stereocenters. The minimum atomic E-state index is -5.15. The Balaban J connectivity index is 2.68. The molecule has 30 heavy (non-hydrogen) atoms. The lowest BCUT2D eigenvalue weighted by atomic mass is 10.1. The number of nitro groups is 2. The number of nitrogens with one attached hydrogen (secondary N) is 1.